The number of nitrogens with zero attached hydrogens (tertiary/aromatic N) is 1. The van der Waals surface area contributed by atoms with E-state index < -0.39 is 0 Å². The molecule has 2 fully saturated rings. The molecule has 0 radical (unpaired) electrons. The fraction of sp³-hybridized carbons (Fsp3) is 0.833. The second kappa shape index (κ2) is 2.43. The van der Waals surface area contributed by atoms with Gasteiger partial charge in [-0.2, -0.15) is 0 Å². The highest BCUT2D eigenvalue weighted by Crippen LogP contribution is 2.32. The molecule has 2 saturated heterocycles. The van der Waals surface area contributed by atoms with Gasteiger partial charge in [0.1, 0.15) is 0 Å². The van der Waals surface area contributed by atoms with Crippen molar-refractivity contribution in [3.63, 3.8) is 0 Å². The van der Waals surface area contributed by atoms with Crippen molar-refractivity contribution < 1.29 is 9.53 Å². The summed E-state index contributed by atoms with van der Waals surface area (Å²) in [7, 11) is 0. The molecule has 1 atom stereocenters. The molecule has 2 aliphatic rings. The van der Waals surface area contributed by atoms with Gasteiger partial charge in [0.15, 0.2) is 6.23 Å². The lowest BCUT2D eigenvalue weighted by Gasteiger charge is -2.24. The van der Waals surface area contributed by atoms with Crippen LogP contribution in [0.2, 0.25) is 0 Å². The number of piperidine rings is 1. The van der Waals surface area contributed by atoms with Crippen LogP contribution in [0.1, 0.15) is 19.3 Å². The van der Waals surface area contributed by atoms with Gasteiger partial charge in [-0.15, -0.1) is 0 Å². The molecule has 0 amide bonds. The smallest absolute Gasteiger partial charge is 0.384 e. The molecule has 4 heteroatoms. The van der Waals surface area contributed by atoms with Crippen molar-refractivity contribution in [1.29, 1.82) is 0 Å². The van der Waals surface area contributed by atoms with E-state index in [1.807, 2.05) is 4.31 Å². The van der Waals surface area contributed by atoms with Crippen LogP contribution < -0.4 is 0 Å². The zero-order valence-electron chi connectivity index (χ0n) is 5.58. The number of hydrogen-bond donors (Lipinski definition) is 0. The normalized spacial score (nSPS) is 33.6. The van der Waals surface area contributed by atoms with E-state index in [2.05, 4.69) is 0 Å². The maximum absolute atomic E-state index is 10.7. The molecule has 0 spiro atoms. The van der Waals surface area contributed by atoms with Crippen LogP contribution in [0.5, 0.6) is 0 Å². The SMILES string of the molecule is O=C1OC2CCCCN2S1. The number of fused-ring (bicyclic) bond motifs is 1. The van der Waals surface area contributed by atoms with Crippen molar-refractivity contribution in [2.45, 2.75) is 25.5 Å². The van der Waals surface area contributed by atoms with Gasteiger partial charge >= 0.3 is 5.30 Å². The van der Waals surface area contributed by atoms with E-state index in [4.69, 9.17) is 4.74 Å². The van der Waals surface area contributed by atoms with Crippen molar-refractivity contribution in [2.75, 3.05) is 6.54 Å². The molecule has 1 unspecified atom stereocenters. The van der Waals surface area contributed by atoms with Crippen LogP contribution in [0.25, 0.3) is 0 Å². The summed E-state index contributed by atoms with van der Waals surface area (Å²) in [5.41, 5.74) is 0. The van der Waals surface area contributed by atoms with E-state index >= 15 is 0 Å². The van der Waals surface area contributed by atoms with Crippen LogP contribution in [-0.2, 0) is 4.74 Å². The summed E-state index contributed by atoms with van der Waals surface area (Å²) in [6.07, 6.45) is 3.49. The van der Waals surface area contributed by atoms with Crippen molar-refractivity contribution >= 4 is 17.2 Å². The van der Waals surface area contributed by atoms with Crippen molar-refractivity contribution in [2.24, 2.45) is 0 Å². The van der Waals surface area contributed by atoms with E-state index in [1.165, 1.54) is 24.8 Å². The van der Waals surface area contributed by atoms with Gasteiger partial charge < -0.3 is 4.74 Å². The lowest BCUT2D eigenvalue weighted by molar-refractivity contribution is 0.0479. The Kier molecular flexibility index (Phi) is 1.58. The van der Waals surface area contributed by atoms with Gasteiger partial charge in [0, 0.05) is 18.5 Å². The molecule has 0 N–H and O–H groups in total. The lowest BCUT2D eigenvalue weighted by atomic mass is 10.1. The maximum Gasteiger partial charge on any atom is 0.384 e. The monoisotopic (exact) mass is 159 g/mol. The van der Waals surface area contributed by atoms with Crippen molar-refractivity contribution in [1.82, 2.24) is 4.31 Å². The van der Waals surface area contributed by atoms with Crippen molar-refractivity contribution in [3.8, 4) is 0 Å². The first kappa shape index (κ1) is 6.49. The number of carbonyl (C=O) groups is 1. The Morgan fingerprint density at radius 1 is 1.60 bits per heavy atom. The van der Waals surface area contributed by atoms with Gasteiger partial charge in [-0.25, -0.2) is 9.10 Å². The Morgan fingerprint density at radius 2 is 2.50 bits per heavy atom. The molecule has 0 aromatic heterocycles. The third-order valence-electron chi connectivity index (χ3n) is 1.82. The number of carbonyl (C=O) groups excluding carboxylic acids is 1. The molecule has 3 nitrogen and oxygen atoms in total. The number of hydrogen-bond acceptors (Lipinski definition) is 4. The van der Waals surface area contributed by atoms with Gasteiger partial charge in [0.25, 0.3) is 0 Å². The second-order valence-electron chi connectivity index (χ2n) is 2.55. The summed E-state index contributed by atoms with van der Waals surface area (Å²) in [5.74, 6) is 0. The predicted octanol–water partition coefficient (Wildman–Crippen LogP) is 1.60. The predicted molar refractivity (Wildman–Crippen MR) is 38.4 cm³/mol. The molecule has 2 rings (SSSR count). The second-order valence-corrected chi connectivity index (χ2v) is 3.54. The summed E-state index contributed by atoms with van der Waals surface area (Å²) >= 11 is 1.22. The van der Waals surface area contributed by atoms with Crippen LogP contribution >= 0.6 is 11.9 Å². The van der Waals surface area contributed by atoms with Crippen LogP contribution in [0.15, 0.2) is 0 Å². The molecule has 0 aliphatic carbocycles. The quantitative estimate of drug-likeness (QED) is 0.396. The standard InChI is InChI=1S/C6H9NO2S/c8-6-9-5-3-1-2-4-7(5)10-6/h5H,1-4H2. The van der Waals surface area contributed by atoms with Crippen LogP contribution in [-0.4, -0.2) is 22.4 Å². The van der Waals surface area contributed by atoms with Crippen molar-refractivity contribution in [3.05, 3.63) is 0 Å². The molecular weight excluding hydrogens is 150 g/mol. The molecule has 2 heterocycles. The topological polar surface area (TPSA) is 29.5 Å². The van der Waals surface area contributed by atoms with E-state index in [0.717, 1.165) is 13.0 Å². The summed E-state index contributed by atoms with van der Waals surface area (Å²) in [4.78, 5) is 10.7. The highest BCUT2D eigenvalue weighted by Gasteiger charge is 2.34. The first-order valence-electron chi connectivity index (χ1n) is 3.51. The highest BCUT2D eigenvalue weighted by atomic mass is 32.2. The summed E-state index contributed by atoms with van der Waals surface area (Å²) in [5, 5.41) is -0.132. The summed E-state index contributed by atoms with van der Waals surface area (Å²) in [6, 6.07) is 0. The molecule has 0 saturated carbocycles. The minimum atomic E-state index is -0.132. The minimum absolute atomic E-state index is 0.0891. The van der Waals surface area contributed by atoms with Gasteiger partial charge in [0.05, 0.1) is 0 Å². The molecule has 0 aromatic rings. The Labute approximate surface area is 63.8 Å². The third-order valence-corrected chi connectivity index (χ3v) is 2.72. The van der Waals surface area contributed by atoms with Gasteiger partial charge in [-0.05, 0) is 19.3 Å². The Bertz CT molecular complexity index is 146. The van der Waals surface area contributed by atoms with E-state index in [0.29, 0.717) is 0 Å². The number of rotatable bonds is 0. The molecule has 0 bridgehead atoms. The van der Waals surface area contributed by atoms with Crippen LogP contribution in [0.4, 0.5) is 4.79 Å². The largest absolute Gasteiger partial charge is 0.436 e. The summed E-state index contributed by atoms with van der Waals surface area (Å²) < 4.78 is 7.05. The van der Waals surface area contributed by atoms with Crippen LogP contribution in [0.3, 0.4) is 0 Å². The average molecular weight is 159 g/mol. The maximum atomic E-state index is 10.7. The highest BCUT2D eigenvalue weighted by molar-refractivity contribution is 8.11. The van der Waals surface area contributed by atoms with E-state index in [9.17, 15) is 4.79 Å². The Hall–Kier alpha value is -0.220. The molecule has 56 valence electrons. The molecule has 10 heavy (non-hydrogen) atoms. The fourth-order valence-electron chi connectivity index (χ4n) is 1.33. The van der Waals surface area contributed by atoms with Crippen LogP contribution in [0, 0.1) is 0 Å². The van der Waals surface area contributed by atoms with Gasteiger partial charge in [-0.3, -0.25) is 0 Å². The van der Waals surface area contributed by atoms with E-state index in [-0.39, 0.29) is 11.5 Å². The average Bonchev–Trinajstić information content (AvgIpc) is 2.27. The first-order chi connectivity index (χ1) is 4.86. The minimum Gasteiger partial charge on any atom is -0.436 e. The number of ether oxygens (including phenoxy) is 1. The Balaban J connectivity index is 2.04. The fourth-order valence-corrected chi connectivity index (χ4v) is 2.16. The van der Waals surface area contributed by atoms with Gasteiger partial charge in [-0.1, -0.05) is 0 Å². The summed E-state index contributed by atoms with van der Waals surface area (Å²) in [6.45, 7) is 1.00. The first-order valence-corrected chi connectivity index (χ1v) is 4.29. The molecule has 0 aromatic carbocycles. The third kappa shape index (κ3) is 1.01. The molecule has 2 aliphatic heterocycles. The zero-order valence-corrected chi connectivity index (χ0v) is 6.39. The van der Waals surface area contributed by atoms with Gasteiger partial charge in [0.2, 0.25) is 0 Å². The molecular formula is C6H9NO2S. The van der Waals surface area contributed by atoms with E-state index in [1.54, 1.807) is 0 Å². The Morgan fingerprint density at radius 3 is 3.30 bits per heavy atom. The zero-order chi connectivity index (χ0) is 6.97. The lowest BCUT2D eigenvalue weighted by Crippen LogP contribution is -2.30.